The van der Waals surface area contributed by atoms with E-state index >= 15 is 0 Å². The molecule has 3 rings (SSSR count). The van der Waals surface area contributed by atoms with Gasteiger partial charge in [0.1, 0.15) is 0 Å². The van der Waals surface area contributed by atoms with Crippen LogP contribution in [0.1, 0.15) is 18.1 Å². The molecule has 6 nitrogen and oxygen atoms in total. The van der Waals surface area contributed by atoms with Gasteiger partial charge in [-0.2, -0.15) is 0 Å². The number of anilines is 1. The normalized spacial score (nSPS) is 17.5. The van der Waals surface area contributed by atoms with Crippen molar-refractivity contribution in [3.05, 3.63) is 64.7 Å². The number of likely N-dealkylation sites (N-methyl/N-ethyl adjacent to an activating group) is 1. The fourth-order valence-corrected chi connectivity index (χ4v) is 3.18. The van der Waals surface area contributed by atoms with E-state index in [2.05, 4.69) is 22.5 Å². The number of nitrogens with one attached hydrogen (secondary N) is 2. The Morgan fingerprint density at radius 2 is 1.75 bits per heavy atom. The van der Waals surface area contributed by atoms with Gasteiger partial charge in [-0.1, -0.05) is 35.9 Å². The lowest BCUT2D eigenvalue weighted by molar-refractivity contribution is -0.138. The summed E-state index contributed by atoms with van der Waals surface area (Å²) >= 11 is 5.85. The Morgan fingerprint density at radius 1 is 1.11 bits per heavy atom. The minimum Gasteiger partial charge on any atom is -0.336 e. The molecule has 3 amide bonds. The highest BCUT2D eigenvalue weighted by atomic mass is 35.5. The fourth-order valence-electron chi connectivity index (χ4n) is 3.06. The number of carbonyl (C=O) groups excluding carboxylic acids is 2. The molecule has 0 unspecified atom stereocenters. The first kappa shape index (κ1) is 20.2. The van der Waals surface area contributed by atoms with Crippen LogP contribution < -0.4 is 10.6 Å². The number of benzene rings is 2. The first-order valence-corrected chi connectivity index (χ1v) is 9.65. The van der Waals surface area contributed by atoms with E-state index in [1.807, 2.05) is 48.3 Å². The van der Waals surface area contributed by atoms with Crippen LogP contribution in [-0.2, 0) is 17.9 Å². The number of amides is 3. The monoisotopic (exact) mass is 400 g/mol. The molecule has 0 bridgehead atoms. The quantitative estimate of drug-likeness (QED) is 0.809. The lowest BCUT2D eigenvalue weighted by Gasteiger charge is -2.37. The maximum atomic E-state index is 12.2. The maximum Gasteiger partial charge on any atom is 0.319 e. The molecule has 1 atom stereocenters. The minimum absolute atomic E-state index is 0.143. The lowest BCUT2D eigenvalue weighted by Crippen LogP contribution is -2.53. The average molecular weight is 401 g/mol. The highest BCUT2D eigenvalue weighted by molar-refractivity contribution is 6.30. The molecule has 1 saturated heterocycles. The number of halogens is 1. The van der Waals surface area contributed by atoms with Crippen LogP contribution in [0.2, 0.25) is 5.02 Å². The van der Waals surface area contributed by atoms with Crippen LogP contribution in [0.3, 0.4) is 0 Å². The molecule has 2 aromatic rings. The van der Waals surface area contributed by atoms with Gasteiger partial charge in [0, 0.05) is 36.4 Å². The van der Waals surface area contributed by atoms with E-state index in [9.17, 15) is 9.59 Å². The molecule has 0 spiro atoms. The Morgan fingerprint density at radius 3 is 2.43 bits per heavy atom. The zero-order valence-electron chi connectivity index (χ0n) is 16.1. The molecule has 1 heterocycles. The van der Waals surface area contributed by atoms with Gasteiger partial charge in [0.2, 0.25) is 5.91 Å². The van der Waals surface area contributed by atoms with Gasteiger partial charge >= 0.3 is 6.03 Å². The van der Waals surface area contributed by atoms with E-state index in [1.54, 1.807) is 12.1 Å². The summed E-state index contributed by atoms with van der Waals surface area (Å²) in [5.41, 5.74) is 2.72. The molecule has 7 heteroatoms. The van der Waals surface area contributed by atoms with Gasteiger partial charge in [-0.15, -0.1) is 0 Å². The summed E-state index contributed by atoms with van der Waals surface area (Å²) in [6, 6.07) is 15.0. The molecule has 148 valence electrons. The highest BCUT2D eigenvalue weighted by Crippen LogP contribution is 2.15. The Balaban J connectivity index is 1.49. The number of urea groups is 1. The first-order chi connectivity index (χ1) is 13.4. The van der Waals surface area contributed by atoms with Crippen molar-refractivity contribution in [1.82, 2.24) is 15.1 Å². The van der Waals surface area contributed by atoms with Gasteiger partial charge < -0.3 is 15.5 Å². The van der Waals surface area contributed by atoms with Gasteiger partial charge in [-0.25, -0.2) is 4.79 Å². The Labute approximate surface area is 170 Å². The second-order valence-corrected chi connectivity index (χ2v) is 7.61. The van der Waals surface area contributed by atoms with E-state index in [0.29, 0.717) is 36.4 Å². The zero-order chi connectivity index (χ0) is 20.1. The van der Waals surface area contributed by atoms with E-state index in [-0.39, 0.29) is 11.9 Å². The molecule has 0 radical (unpaired) electrons. The van der Waals surface area contributed by atoms with Crippen LogP contribution >= 0.6 is 11.6 Å². The third-order valence-electron chi connectivity index (χ3n) is 4.93. The number of hydrogen-bond acceptors (Lipinski definition) is 3. The summed E-state index contributed by atoms with van der Waals surface area (Å²) in [7, 11) is 1.97. The van der Waals surface area contributed by atoms with Crippen LogP contribution in [0.25, 0.3) is 0 Å². The second kappa shape index (κ2) is 9.08. The number of carbonyl (C=O) groups is 2. The van der Waals surface area contributed by atoms with Crippen LogP contribution in [0.5, 0.6) is 0 Å². The number of hydrogen-bond donors (Lipinski definition) is 2. The summed E-state index contributed by atoms with van der Waals surface area (Å²) in [4.78, 5) is 28.2. The van der Waals surface area contributed by atoms with Crippen LogP contribution in [0.15, 0.2) is 48.5 Å². The maximum absolute atomic E-state index is 12.2. The molecule has 0 aliphatic carbocycles. The zero-order valence-corrected chi connectivity index (χ0v) is 16.9. The second-order valence-electron chi connectivity index (χ2n) is 7.17. The molecular formula is C21H25ClN4O2. The van der Waals surface area contributed by atoms with Gasteiger partial charge in [0.25, 0.3) is 0 Å². The molecule has 1 aliphatic rings. The smallest absolute Gasteiger partial charge is 0.319 e. The van der Waals surface area contributed by atoms with Gasteiger partial charge in [0.15, 0.2) is 0 Å². The molecule has 28 heavy (non-hydrogen) atoms. The van der Waals surface area contributed by atoms with Gasteiger partial charge in [-0.05, 0) is 49.4 Å². The SMILES string of the molecule is C[C@@H]1CN(Cc2ccc(NC(=O)NCc3ccc(Cl)cc3)cc2)C(=O)CN1C. The van der Waals surface area contributed by atoms with E-state index in [0.717, 1.165) is 17.7 Å². The van der Waals surface area contributed by atoms with Crippen molar-refractivity contribution in [3.8, 4) is 0 Å². The third-order valence-corrected chi connectivity index (χ3v) is 5.18. The van der Waals surface area contributed by atoms with Gasteiger partial charge in [0.05, 0.1) is 6.54 Å². The standard InChI is InChI=1S/C21H25ClN4O2/c1-15-12-26(20(27)14-25(15)2)13-17-5-9-19(10-6-17)24-21(28)23-11-16-3-7-18(22)8-4-16/h3-10,15H,11-14H2,1-2H3,(H2,23,24,28)/t15-/m1/s1. The highest BCUT2D eigenvalue weighted by Gasteiger charge is 2.26. The van der Waals surface area contributed by atoms with Crippen LogP contribution in [0.4, 0.5) is 10.5 Å². The Kier molecular flexibility index (Phi) is 6.54. The molecular weight excluding hydrogens is 376 g/mol. The molecule has 1 fully saturated rings. The largest absolute Gasteiger partial charge is 0.336 e. The molecule has 2 aromatic carbocycles. The Hall–Kier alpha value is -2.57. The van der Waals surface area contributed by atoms with E-state index in [1.165, 1.54) is 0 Å². The van der Waals surface area contributed by atoms with Crippen LogP contribution in [-0.4, -0.2) is 47.9 Å². The van der Waals surface area contributed by atoms with Crippen molar-refractivity contribution in [2.24, 2.45) is 0 Å². The lowest BCUT2D eigenvalue weighted by atomic mass is 10.1. The summed E-state index contributed by atoms with van der Waals surface area (Å²) in [6.07, 6.45) is 0. The van der Waals surface area contributed by atoms with E-state index < -0.39 is 0 Å². The number of rotatable bonds is 5. The predicted molar refractivity (Wildman–Crippen MR) is 111 cm³/mol. The third kappa shape index (κ3) is 5.47. The van der Waals surface area contributed by atoms with E-state index in [4.69, 9.17) is 11.6 Å². The molecule has 2 N–H and O–H groups in total. The van der Waals surface area contributed by atoms with Crippen molar-refractivity contribution in [2.75, 3.05) is 25.5 Å². The Bertz CT molecular complexity index is 823. The predicted octanol–water partition coefficient (Wildman–Crippen LogP) is 3.32. The van der Waals surface area contributed by atoms with Gasteiger partial charge in [-0.3, -0.25) is 9.69 Å². The molecule has 0 aromatic heterocycles. The summed E-state index contributed by atoms with van der Waals surface area (Å²) in [5, 5.41) is 6.29. The first-order valence-electron chi connectivity index (χ1n) is 9.27. The van der Waals surface area contributed by atoms with Crippen LogP contribution in [0, 0.1) is 0 Å². The average Bonchev–Trinajstić information content (AvgIpc) is 2.67. The summed E-state index contributed by atoms with van der Waals surface area (Å²) < 4.78 is 0. The number of nitrogens with zero attached hydrogens (tertiary/aromatic N) is 2. The topological polar surface area (TPSA) is 64.7 Å². The minimum atomic E-state index is -0.272. The van der Waals surface area contributed by atoms with Crippen molar-refractivity contribution in [1.29, 1.82) is 0 Å². The summed E-state index contributed by atoms with van der Waals surface area (Å²) in [6.45, 7) is 4.30. The van der Waals surface area contributed by atoms with Crippen molar-refractivity contribution in [2.45, 2.75) is 26.1 Å². The van der Waals surface area contributed by atoms with Crippen molar-refractivity contribution >= 4 is 29.2 Å². The summed E-state index contributed by atoms with van der Waals surface area (Å²) in [5.74, 6) is 0.143. The molecule has 1 aliphatic heterocycles. The number of piperazine rings is 1. The fraction of sp³-hybridized carbons (Fsp3) is 0.333. The van der Waals surface area contributed by atoms with Crippen molar-refractivity contribution < 1.29 is 9.59 Å². The van der Waals surface area contributed by atoms with Crippen molar-refractivity contribution in [3.63, 3.8) is 0 Å². The molecule has 0 saturated carbocycles.